The van der Waals surface area contributed by atoms with Gasteiger partial charge in [-0.2, -0.15) is 0 Å². The van der Waals surface area contributed by atoms with Crippen LogP contribution >= 0.6 is 0 Å². The number of amides is 2. The first-order chi connectivity index (χ1) is 7.83. The molecule has 1 saturated carbocycles. The predicted molar refractivity (Wildman–Crippen MR) is 59.0 cm³/mol. The first-order valence-corrected chi connectivity index (χ1v) is 5.91. The third-order valence-electron chi connectivity index (χ3n) is 3.54. The normalized spacial score (nSPS) is 25.2. The van der Waals surface area contributed by atoms with E-state index in [1.54, 1.807) is 13.8 Å². The molecule has 2 fully saturated rings. The smallest absolute Gasteiger partial charge is 0.305 e. The zero-order valence-electron chi connectivity index (χ0n) is 10.1. The molecular weight excluding hydrogens is 222 g/mol. The SMILES string of the molecule is CC1(C)CC(=O)N(C(CC(=O)O)C2CC2)C1=O. The van der Waals surface area contributed by atoms with Gasteiger partial charge >= 0.3 is 5.97 Å². The van der Waals surface area contributed by atoms with Crippen molar-refractivity contribution in [2.45, 2.75) is 45.6 Å². The Labute approximate surface area is 99.8 Å². The number of carbonyl (C=O) groups is 3. The monoisotopic (exact) mass is 239 g/mol. The van der Waals surface area contributed by atoms with Gasteiger partial charge in [-0.05, 0) is 18.8 Å². The van der Waals surface area contributed by atoms with E-state index in [4.69, 9.17) is 5.11 Å². The van der Waals surface area contributed by atoms with Crippen molar-refractivity contribution in [3.8, 4) is 0 Å². The summed E-state index contributed by atoms with van der Waals surface area (Å²) in [7, 11) is 0. The lowest BCUT2D eigenvalue weighted by atomic mass is 9.92. The Balaban J connectivity index is 2.21. The van der Waals surface area contributed by atoms with Crippen molar-refractivity contribution in [2.24, 2.45) is 11.3 Å². The highest BCUT2D eigenvalue weighted by atomic mass is 16.4. The van der Waals surface area contributed by atoms with Crippen LogP contribution in [0.3, 0.4) is 0 Å². The van der Waals surface area contributed by atoms with E-state index in [1.165, 1.54) is 4.90 Å². The molecule has 94 valence electrons. The topological polar surface area (TPSA) is 74.7 Å². The van der Waals surface area contributed by atoms with Gasteiger partial charge in [0, 0.05) is 6.42 Å². The number of likely N-dealkylation sites (tertiary alicyclic amines) is 1. The maximum absolute atomic E-state index is 12.1. The summed E-state index contributed by atoms with van der Waals surface area (Å²) in [6, 6.07) is -0.436. The summed E-state index contributed by atoms with van der Waals surface area (Å²) < 4.78 is 0. The maximum Gasteiger partial charge on any atom is 0.305 e. The van der Waals surface area contributed by atoms with E-state index >= 15 is 0 Å². The average Bonchev–Trinajstić information content (AvgIpc) is 2.94. The van der Waals surface area contributed by atoms with Crippen molar-refractivity contribution < 1.29 is 19.5 Å². The predicted octanol–water partition coefficient (Wildman–Crippen LogP) is 1.02. The molecule has 0 aromatic heterocycles. The number of carbonyl (C=O) groups excluding carboxylic acids is 2. The van der Waals surface area contributed by atoms with Gasteiger partial charge in [0.05, 0.1) is 17.9 Å². The lowest BCUT2D eigenvalue weighted by Crippen LogP contribution is -2.44. The Morgan fingerprint density at radius 1 is 1.47 bits per heavy atom. The van der Waals surface area contributed by atoms with E-state index in [1.807, 2.05) is 0 Å². The molecule has 1 saturated heterocycles. The molecule has 5 nitrogen and oxygen atoms in total. The van der Waals surface area contributed by atoms with Crippen LogP contribution in [0, 0.1) is 11.3 Å². The van der Waals surface area contributed by atoms with Gasteiger partial charge in [-0.1, -0.05) is 13.8 Å². The molecule has 1 N–H and O–H groups in total. The van der Waals surface area contributed by atoms with Gasteiger partial charge in [-0.25, -0.2) is 0 Å². The quantitative estimate of drug-likeness (QED) is 0.743. The molecule has 1 unspecified atom stereocenters. The third-order valence-corrected chi connectivity index (χ3v) is 3.54. The molecule has 0 spiro atoms. The average molecular weight is 239 g/mol. The van der Waals surface area contributed by atoms with Gasteiger partial charge in [-0.3, -0.25) is 19.3 Å². The molecule has 1 heterocycles. The zero-order chi connectivity index (χ0) is 12.8. The number of carboxylic acid groups (broad SMARTS) is 1. The first kappa shape index (κ1) is 12.1. The van der Waals surface area contributed by atoms with Crippen molar-refractivity contribution in [1.29, 1.82) is 0 Å². The van der Waals surface area contributed by atoms with Gasteiger partial charge in [0.25, 0.3) is 0 Å². The molecular formula is C12H17NO4. The van der Waals surface area contributed by atoms with Gasteiger partial charge < -0.3 is 5.11 Å². The fraction of sp³-hybridized carbons (Fsp3) is 0.750. The van der Waals surface area contributed by atoms with Crippen molar-refractivity contribution in [3.05, 3.63) is 0 Å². The molecule has 2 aliphatic rings. The number of imide groups is 1. The van der Waals surface area contributed by atoms with Crippen LogP contribution in [0.4, 0.5) is 0 Å². The van der Waals surface area contributed by atoms with Crippen LogP contribution < -0.4 is 0 Å². The molecule has 0 aromatic rings. The number of aliphatic carboxylic acids is 1. The highest BCUT2D eigenvalue weighted by Gasteiger charge is 2.51. The van der Waals surface area contributed by atoms with Crippen molar-refractivity contribution >= 4 is 17.8 Å². The minimum absolute atomic E-state index is 0.127. The molecule has 2 rings (SSSR count). The summed E-state index contributed by atoms with van der Waals surface area (Å²) in [5, 5.41) is 8.87. The number of carboxylic acids is 1. The van der Waals surface area contributed by atoms with Crippen LogP contribution in [-0.4, -0.2) is 33.8 Å². The number of hydrogen-bond donors (Lipinski definition) is 1. The Morgan fingerprint density at radius 3 is 2.41 bits per heavy atom. The lowest BCUT2D eigenvalue weighted by Gasteiger charge is -2.26. The fourth-order valence-corrected chi connectivity index (χ4v) is 2.44. The van der Waals surface area contributed by atoms with Gasteiger partial charge in [0.15, 0.2) is 0 Å². The third kappa shape index (κ3) is 2.18. The van der Waals surface area contributed by atoms with Gasteiger partial charge in [0.1, 0.15) is 0 Å². The van der Waals surface area contributed by atoms with E-state index in [2.05, 4.69) is 0 Å². The summed E-state index contributed by atoms with van der Waals surface area (Å²) in [6.45, 7) is 3.47. The summed E-state index contributed by atoms with van der Waals surface area (Å²) in [5.74, 6) is -1.21. The molecule has 1 aliphatic heterocycles. The summed E-state index contributed by atoms with van der Waals surface area (Å²) >= 11 is 0. The van der Waals surface area contributed by atoms with Crippen LogP contribution in [0.25, 0.3) is 0 Å². The molecule has 1 atom stereocenters. The molecule has 0 aromatic carbocycles. The van der Waals surface area contributed by atoms with Crippen molar-refractivity contribution in [2.75, 3.05) is 0 Å². The second kappa shape index (κ2) is 3.82. The van der Waals surface area contributed by atoms with E-state index in [0.29, 0.717) is 0 Å². The summed E-state index contributed by atoms with van der Waals surface area (Å²) in [5.41, 5.74) is -0.678. The molecule has 1 aliphatic carbocycles. The van der Waals surface area contributed by atoms with E-state index < -0.39 is 17.4 Å². The maximum atomic E-state index is 12.1. The van der Waals surface area contributed by atoms with Crippen LogP contribution in [0.5, 0.6) is 0 Å². The Bertz CT molecular complexity index is 384. The zero-order valence-corrected chi connectivity index (χ0v) is 10.1. The van der Waals surface area contributed by atoms with E-state index in [-0.39, 0.29) is 30.6 Å². The minimum atomic E-state index is -0.952. The molecule has 0 bridgehead atoms. The number of nitrogens with zero attached hydrogens (tertiary/aromatic N) is 1. The first-order valence-electron chi connectivity index (χ1n) is 5.91. The van der Waals surface area contributed by atoms with Crippen molar-refractivity contribution in [1.82, 2.24) is 4.90 Å². The second-order valence-electron chi connectivity index (χ2n) is 5.63. The summed E-state index contributed by atoms with van der Waals surface area (Å²) in [6.07, 6.45) is 1.89. The standard InChI is InChI=1S/C12H17NO4/c1-12(2)6-9(14)13(11(12)17)8(5-10(15)16)7-3-4-7/h7-8H,3-6H2,1-2H3,(H,15,16). The van der Waals surface area contributed by atoms with Gasteiger partial charge in [0.2, 0.25) is 11.8 Å². The molecule has 0 radical (unpaired) electrons. The number of rotatable bonds is 4. The van der Waals surface area contributed by atoms with E-state index in [9.17, 15) is 14.4 Å². The highest BCUT2D eigenvalue weighted by Crippen LogP contribution is 2.42. The largest absolute Gasteiger partial charge is 0.481 e. The Kier molecular flexibility index (Phi) is 2.72. The molecule has 5 heteroatoms. The highest BCUT2D eigenvalue weighted by molar-refractivity contribution is 6.06. The number of hydrogen-bond acceptors (Lipinski definition) is 3. The van der Waals surface area contributed by atoms with Crippen LogP contribution in [0.15, 0.2) is 0 Å². The Morgan fingerprint density at radius 2 is 2.06 bits per heavy atom. The van der Waals surface area contributed by atoms with Crippen molar-refractivity contribution in [3.63, 3.8) is 0 Å². The summed E-state index contributed by atoms with van der Waals surface area (Å²) in [4.78, 5) is 36.0. The van der Waals surface area contributed by atoms with Crippen LogP contribution in [0.2, 0.25) is 0 Å². The Hall–Kier alpha value is -1.39. The fourth-order valence-electron chi connectivity index (χ4n) is 2.44. The molecule has 17 heavy (non-hydrogen) atoms. The van der Waals surface area contributed by atoms with Crippen LogP contribution in [-0.2, 0) is 14.4 Å². The van der Waals surface area contributed by atoms with E-state index in [0.717, 1.165) is 12.8 Å². The second-order valence-corrected chi connectivity index (χ2v) is 5.63. The molecule has 2 amide bonds. The van der Waals surface area contributed by atoms with Gasteiger partial charge in [-0.15, -0.1) is 0 Å². The van der Waals surface area contributed by atoms with Crippen LogP contribution in [0.1, 0.15) is 39.5 Å². The minimum Gasteiger partial charge on any atom is -0.481 e. The lowest BCUT2D eigenvalue weighted by molar-refractivity contribution is -0.146.